The first kappa shape index (κ1) is 59.7. The van der Waals surface area contributed by atoms with Gasteiger partial charge in [-0.3, -0.25) is 28.8 Å². The summed E-state index contributed by atoms with van der Waals surface area (Å²) in [4.78, 5) is 80.9. The Hall–Kier alpha value is -7.94. The molecule has 6 aromatic carbocycles. The Morgan fingerprint density at radius 2 is 0.588 bits per heavy atom. The Morgan fingerprint density at radius 3 is 0.775 bits per heavy atom. The molecule has 2 aliphatic rings. The smallest absolute Gasteiger partial charge is 0.322 e. The fraction of sp³-hybridized carbons (Fsp3) is 0.364. The molecule has 80 heavy (non-hydrogen) atoms. The summed E-state index contributed by atoms with van der Waals surface area (Å²) in [5, 5.41) is 0. The van der Waals surface area contributed by atoms with Gasteiger partial charge in [0.05, 0.1) is 63.8 Å². The van der Waals surface area contributed by atoms with Gasteiger partial charge in [-0.15, -0.1) is 0 Å². The number of likely N-dealkylation sites (tertiary alicyclic amines) is 2. The third-order valence-corrected chi connectivity index (χ3v) is 14.8. The monoisotopic (exact) mass is 1090 g/mol. The van der Waals surface area contributed by atoms with E-state index in [-0.39, 0.29) is 63.5 Å². The van der Waals surface area contributed by atoms with Crippen LogP contribution in [0.4, 0.5) is 0 Å². The van der Waals surface area contributed by atoms with Gasteiger partial charge in [0.25, 0.3) is 0 Å². The molecule has 0 saturated carbocycles. The maximum Gasteiger partial charge on any atom is 0.322 e. The molecule has 0 unspecified atom stereocenters. The lowest BCUT2D eigenvalue weighted by molar-refractivity contribution is -0.168. The fourth-order valence-corrected chi connectivity index (χ4v) is 11.5. The molecule has 2 heterocycles. The van der Waals surface area contributed by atoms with Crippen molar-refractivity contribution in [3.63, 3.8) is 0 Å². The zero-order valence-corrected chi connectivity index (χ0v) is 46.6. The summed E-state index contributed by atoms with van der Waals surface area (Å²) in [6, 6.07) is 58.0. The van der Waals surface area contributed by atoms with E-state index in [4.69, 9.17) is 28.4 Å². The van der Waals surface area contributed by atoms with Crippen molar-refractivity contribution in [2.24, 2.45) is 11.8 Å². The number of ether oxygens (including phenoxy) is 6. The highest BCUT2D eigenvalue weighted by Gasteiger charge is 2.50. The van der Waals surface area contributed by atoms with Gasteiger partial charge in [-0.25, -0.2) is 0 Å². The topological polar surface area (TPSA) is 164 Å². The number of carbonyl (C=O) groups excluding carboxylic acids is 6. The van der Waals surface area contributed by atoms with Crippen LogP contribution in [0.2, 0.25) is 0 Å². The summed E-state index contributed by atoms with van der Waals surface area (Å²) in [5.74, 6) is -5.60. The fourth-order valence-electron chi connectivity index (χ4n) is 11.5. The molecule has 2 amide bonds. The van der Waals surface area contributed by atoms with Crippen molar-refractivity contribution in [3.05, 3.63) is 215 Å². The lowest BCUT2D eigenvalue weighted by Crippen LogP contribution is -2.50. The predicted molar refractivity (Wildman–Crippen MR) is 302 cm³/mol. The molecule has 0 bridgehead atoms. The van der Waals surface area contributed by atoms with Crippen LogP contribution in [0.1, 0.15) is 101 Å². The zero-order valence-electron chi connectivity index (χ0n) is 46.6. The number of hydrogen-bond acceptors (Lipinski definition) is 12. The summed E-state index contributed by atoms with van der Waals surface area (Å²) < 4.78 is 34.8. The van der Waals surface area contributed by atoms with Crippen molar-refractivity contribution in [2.45, 2.75) is 103 Å². The van der Waals surface area contributed by atoms with Crippen molar-refractivity contribution in [1.82, 2.24) is 9.80 Å². The van der Waals surface area contributed by atoms with Crippen LogP contribution in [0.15, 0.2) is 182 Å². The average molecular weight is 1090 g/mol. The standard InChI is InChI=1S/2C33H37NO6/c2*1-4-38-31(36)30(32(37)39-5-2)29-22-21-28(34(29)24(3)35)23-40-33(25-15-9-6-10-16-25,26-17-11-7-12-18-26)27-19-13-8-14-20-27/h2*6-20,28-30H,4-5,21-23H2,1-3H3/t2*28-,29-/m00/s1. The SMILES string of the molecule is CCOC(=O)C(C(=O)OCC)[C@@H]1CC[C@@H](COC(c2ccccc2)(c2ccccc2)c2ccccc2)N1C(C)=O.CCOC(=O)C(C(=O)OCC)[C@@H]1CC[C@@H](COC(c2ccccc2)(c2ccccc2)c2ccccc2)N1C(C)=O. The van der Waals surface area contributed by atoms with Crippen LogP contribution in [-0.4, -0.2) is 109 Å². The first-order chi connectivity index (χ1) is 38.9. The summed E-state index contributed by atoms with van der Waals surface area (Å²) >= 11 is 0. The molecule has 0 aromatic heterocycles. The second-order valence-electron chi connectivity index (χ2n) is 19.6. The van der Waals surface area contributed by atoms with Gasteiger partial charge in [0, 0.05) is 13.8 Å². The molecule has 0 radical (unpaired) electrons. The average Bonchev–Trinajstić information content (AvgIpc) is 4.19. The van der Waals surface area contributed by atoms with Crippen molar-refractivity contribution >= 4 is 35.7 Å². The van der Waals surface area contributed by atoms with E-state index in [0.29, 0.717) is 25.7 Å². The highest BCUT2D eigenvalue weighted by atomic mass is 16.6. The van der Waals surface area contributed by atoms with Crippen molar-refractivity contribution in [2.75, 3.05) is 39.6 Å². The van der Waals surface area contributed by atoms with Gasteiger partial charge in [-0.05, 0) is 86.8 Å². The van der Waals surface area contributed by atoms with Crippen LogP contribution in [0.3, 0.4) is 0 Å². The van der Waals surface area contributed by atoms with Gasteiger partial charge in [-0.2, -0.15) is 0 Å². The number of hydrogen-bond donors (Lipinski definition) is 0. The summed E-state index contributed by atoms with van der Waals surface area (Å²) in [6.45, 7) is 10.5. The molecule has 14 heteroatoms. The Balaban J connectivity index is 0.000000231. The molecule has 6 aromatic rings. The van der Waals surface area contributed by atoms with Crippen LogP contribution in [0, 0.1) is 11.8 Å². The van der Waals surface area contributed by atoms with Crippen LogP contribution >= 0.6 is 0 Å². The third-order valence-electron chi connectivity index (χ3n) is 14.8. The number of esters is 4. The molecule has 2 fully saturated rings. The minimum Gasteiger partial charge on any atom is -0.465 e. The van der Waals surface area contributed by atoms with Gasteiger partial charge < -0.3 is 38.2 Å². The van der Waals surface area contributed by atoms with Gasteiger partial charge in [0.2, 0.25) is 11.8 Å². The summed E-state index contributed by atoms with van der Waals surface area (Å²) in [7, 11) is 0. The van der Waals surface area contributed by atoms with Crippen molar-refractivity contribution in [3.8, 4) is 0 Å². The van der Waals surface area contributed by atoms with E-state index in [1.807, 2.05) is 182 Å². The van der Waals surface area contributed by atoms with E-state index < -0.39 is 59.0 Å². The molecular formula is C66H74N2O12. The van der Waals surface area contributed by atoms with Crippen LogP contribution in [0.25, 0.3) is 0 Å². The highest BCUT2D eigenvalue weighted by molar-refractivity contribution is 5.97. The van der Waals surface area contributed by atoms with E-state index in [0.717, 1.165) is 33.4 Å². The predicted octanol–water partition coefficient (Wildman–Crippen LogP) is 10.2. The van der Waals surface area contributed by atoms with E-state index in [1.165, 1.54) is 13.8 Å². The van der Waals surface area contributed by atoms with E-state index >= 15 is 0 Å². The normalized spacial score (nSPS) is 17.1. The third kappa shape index (κ3) is 13.4. The number of nitrogens with zero attached hydrogens (tertiary/aromatic N) is 2. The minimum absolute atomic E-state index is 0.127. The number of amides is 2. The van der Waals surface area contributed by atoms with Crippen LogP contribution in [0.5, 0.6) is 0 Å². The quantitative estimate of drug-likeness (QED) is 0.0274. The lowest BCUT2D eigenvalue weighted by atomic mass is 9.80. The Labute approximate surface area is 470 Å². The zero-order chi connectivity index (χ0) is 57.1. The highest BCUT2D eigenvalue weighted by Crippen LogP contribution is 2.44. The Kier molecular flexibility index (Phi) is 21.5. The molecule has 0 spiro atoms. The molecule has 2 saturated heterocycles. The molecule has 4 atom stereocenters. The minimum atomic E-state index is -1.21. The maximum absolute atomic E-state index is 13.0. The van der Waals surface area contributed by atoms with E-state index in [2.05, 4.69) is 0 Å². The van der Waals surface area contributed by atoms with Gasteiger partial charge >= 0.3 is 23.9 Å². The van der Waals surface area contributed by atoms with Crippen LogP contribution in [-0.2, 0) is 68.4 Å². The maximum atomic E-state index is 13.0. The summed E-state index contributed by atoms with van der Waals surface area (Å²) in [5.41, 5.74) is 3.80. The second-order valence-corrected chi connectivity index (χ2v) is 19.6. The van der Waals surface area contributed by atoms with Crippen molar-refractivity contribution < 1.29 is 57.2 Å². The number of rotatable bonds is 22. The van der Waals surface area contributed by atoms with Crippen molar-refractivity contribution in [1.29, 1.82) is 0 Å². The molecule has 0 N–H and O–H groups in total. The molecule has 0 aliphatic carbocycles. The van der Waals surface area contributed by atoms with Gasteiger partial charge in [-0.1, -0.05) is 182 Å². The van der Waals surface area contributed by atoms with Gasteiger partial charge in [0.1, 0.15) is 11.2 Å². The largest absolute Gasteiger partial charge is 0.465 e. The molecule has 2 aliphatic heterocycles. The van der Waals surface area contributed by atoms with Crippen LogP contribution < -0.4 is 0 Å². The van der Waals surface area contributed by atoms with E-state index in [1.54, 1.807) is 37.5 Å². The Morgan fingerprint density at radius 1 is 0.375 bits per heavy atom. The number of carbonyl (C=O) groups is 6. The second kappa shape index (κ2) is 28.8. The summed E-state index contributed by atoms with van der Waals surface area (Å²) in [6.07, 6.45) is 2.03. The van der Waals surface area contributed by atoms with E-state index in [9.17, 15) is 28.8 Å². The lowest BCUT2D eigenvalue weighted by Gasteiger charge is -2.38. The first-order valence-corrected chi connectivity index (χ1v) is 27.7. The number of benzene rings is 6. The molecular weight excluding hydrogens is 1010 g/mol. The Bertz CT molecular complexity index is 2500. The first-order valence-electron chi connectivity index (χ1n) is 27.7. The molecule has 420 valence electrons. The molecule has 14 nitrogen and oxygen atoms in total. The van der Waals surface area contributed by atoms with Gasteiger partial charge in [0.15, 0.2) is 11.8 Å². The molecule has 8 rings (SSSR count).